The van der Waals surface area contributed by atoms with Crippen molar-refractivity contribution in [3.05, 3.63) is 24.3 Å². The first-order chi connectivity index (χ1) is 6.31. The highest BCUT2D eigenvalue weighted by Gasteiger charge is 2.00. The molecule has 2 N–H and O–H groups in total. The van der Waals surface area contributed by atoms with Crippen molar-refractivity contribution in [2.24, 2.45) is 5.73 Å². The lowest BCUT2D eigenvalue weighted by atomic mass is 10.4. The molecule has 0 amide bonds. The third-order valence-corrected chi connectivity index (χ3v) is 1.58. The van der Waals surface area contributed by atoms with Crippen LogP contribution in [-0.2, 0) is 13.0 Å². The molecule has 1 heterocycles. The topological polar surface area (TPSA) is 43.8 Å². The van der Waals surface area contributed by atoms with Crippen LogP contribution in [0.5, 0.6) is 0 Å². The summed E-state index contributed by atoms with van der Waals surface area (Å²) in [5, 5.41) is 0. The number of hydrogen-bond donors (Lipinski definition) is 1. The van der Waals surface area contributed by atoms with Crippen molar-refractivity contribution >= 4 is 6.20 Å². The summed E-state index contributed by atoms with van der Waals surface area (Å²) in [6.45, 7) is 10.2. The summed E-state index contributed by atoms with van der Waals surface area (Å²) in [6, 6.07) is 0. The zero-order valence-corrected chi connectivity index (χ0v) is 8.75. The summed E-state index contributed by atoms with van der Waals surface area (Å²) < 4.78 is 1.90. The quantitative estimate of drug-likeness (QED) is 0.775. The predicted octanol–water partition coefficient (Wildman–Crippen LogP) is 2.03. The number of imidazole rings is 1. The van der Waals surface area contributed by atoms with Crippen LogP contribution in [0, 0.1) is 0 Å². The van der Waals surface area contributed by atoms with E-state index < -0.39 is 0 Å². The van der Waals surface area contributed by atoms with Gasteiger partial charge in [-0.2, -0.15) is 0 Å². The number of hydrogen-bond acceptors (Lipinski definition) is 2. The van der Waals surface area contributed by atoms with Gasteiger partial charge in [-0.15, -0.1) is 0 Å². The second kappa shape index (κ2) is 6.43. The van der Waals surface area contributed by atoms with E-state index in [1.54, 1.807) is 6.20 Å². The van der Waals surface area contributed by atoms with E-state index in [2.05, 4.69) is 18.5 Å². The van der Waals surface area contributed by atoms with Crippen LogP contribution in [-0.4, -0.2) is 9.55 Å². The zero-order chi connectivity index (χ0) is 10.3. The molecule has 13 heavy (non-hydrogen) atoms. The molecule has 0 aliphatic carbocycles. The molecule has 0 unspecified atom stereocenters. The van der Waals surface area contributed by atoms with E-state index in [1.165, 1.54) is 0 Å². The van der Waals surface area contributed by atoms with E-state index in [9.17, 15) is 0 Å². The van der Waals surface area contributed by atoms with E-state index >= 15 is 0 Å². The molecule has 0 fully saturated rings. The van der Waals surface area contributed by atoms with Gasteiger partial charge in [-0.25, -0.2) is 4.98 Å². The maximum atomic E-state index is 5.43. The second-order valence-corrected chi connectivity index (χ2v) is 2.30. The maximum Gasteiger partial charge on any atom is 0.112 e. The highest BCUT2D eigenvalue weighted by molar-refractivity contribution is 5.22. The van der Waals surface area contributed by atoms with Crippen molar-refractivity contribution in [1.82, 2.24) is 9.55 Å². The second-order valence-electron chi connectivity index (χ2n) is 2.30. The highest BCUT2D eigenvalue weighted by Crippen LogP contribution is 2.03. The highest BCUT2D eigenvalue weighted by atomic mass is 15.1. The van der Waals surface area contributed by atoms with Gasteiger partial charge in [0.25, 0.3) is 0 Å². The SMILES string of the molecule is C=Cn1cc(CN)nc1CC.CC. The number of nitrogens with zero attached hydrogens (tertiary/aromatic N) is 2. The third kappa shape index (κ3) is 3.03. The van der Waals surface area contributed by atoms with Gasteiger partial charge >= 0.3 is 0 Å². The van der Waals surface area contributed by atoms with Gasteiger partial charge in [-0.3, -0.25) is 0 Å². The first kappa shape index (κ1) is 11.9. The predicted molar refractivity (Wildman–Crippen MR) is 57.2 cm³/mol. The minimum atomic E-state index is 0.494. The lowest BCUT2D eigenvalue weighted by Gasteiger charge is -1.94. The Morgan fingerprint density at radius 2 is 2.23 bits per heavy atom. The molecular formula is C10H19N3. The number of nitrogens with two attached hydrogens (primary N) is 1. The van der Waals surface area contributed by atoms with Gasteiger partial charge in [-0.05, 0) is 0 Å². The van der Waals surface area contributed by atoms with Crippen LogP contribution >= 0.6 is 0 Å². The van der Waals surface area contributed by atoms with Crippen LogP contribution in [0.4, 0.5) is 0 Å². The molecule has 0 atom stereocenters. The van der Waals surface area contributed by atoms with Crippen molar-refractivity contribution in [2.45, 2.75) is 33.7 Å². The van der Waals surface area contributed by atoms with Gasteiger partial charge < -0.3 is 10.3 Å². The molecule has 0 saturated carbocycles. The lowest BCUT2D eigenvalue weighted by molar-refractivity contribution is 0.913. The summed E-state index contributed by atoms with van der Waals surface area (Å²) in [4.78, 5) is 4.28. The standard InChI is InChI=1S/C8H13N3.C2H6/c1-3-8-10-7(5-9)6-11(8)4-2;1-2/h4,6H,2-3,5,9H2,1H3;1-2H3. The third-order valence-electron chi connectivity index (χ3n) is 1.58. The molecule has 0 spiro atoms. The minimum absolute atomic E-state index is 0.494. The molecule has 1 rings (SSSR count). The fraction of sp³-hybridized carbons (Fsp3) is 0.500. The molecule has 0 aromatic carbocycles. The van der Waals surface area contributed by atoms with Gasteiger partial charge in [0.05, 0.1) is 5.69 Å². The summed E-state index contributed by atoms with van der Waals surface area (Å²) in [7, 11) is 0. The Balaban J connectivity index is 0.000000671. The average Bonchev–Trinajstić information content (AvgIpc) is 2.63. The molecular weight excluding hydrogens is 162 g/mol. The van der Waals surface area contributed by atoms with E-state index in [4.69, 9.17) is 5.73 Å². The van der Waals surface area contributed by atoms with E-state index in [0.717, 1.165) is 17.9 Å². The Morgan fingerprint density at radius 3 is 2.54 bits per heavy atom. The Bertz CT molecular complexity index is 251. The summed E-state index contributed by atoms with van der Waals surface area (Å²) in [5.74, 6) is 1.01. The maximum absolute atomic E-state index is 5.43. The molecule has 3 nitrogen and oxygen atoms in total. The van der Waals surface area contributed by atoms with E-state index in [-0.39, 0.29) is 0 Å². The molecule has 0 aliphatic heterocycles. The lowest BCUT2D eigenvalue weighted by Crippen LogP contribution is -1.96. The molecule has 0 radical (unpaired) electrons. The Hall–Kier alpha value is -1.09. The van der Waals surface area contributed by atoms with Gasteiger partial charge in [0.2, 0.25) is 0 Å². The molecule has 0 aliphatic rings. The van der Waals surface area contributed by atoms with Gasteiger partial charge in [0, 0.05) is 25.4 Å². The zero-order valence-electron chi connectivity index (χ0n) is 8.75. The summed E-state index contributed by atoms with van der Waals surface area (Å²) >= 11 is 0. The van der Waals surface area contributed by atoms with Crippen LogP contribution in [0.25, 0.3) is 6.20 Å². The summed E-state index contributed by atoms with van der Waals surface area (Å²) in [6.07, 6.45) is 4.56. The van der Waals surface area contributed by atoms with Crippen LogP contribution in [0.2, 0.25) is 0 Å². The largest absolute Gasteiger partial charge is 0.325 e. The van der Waals surface area contributed by atoms with Gasteiger partial charge in [0.1, 0.15) is 5.82 Å². The van der Waals surface area contributed by atoms with Crippen molar-refractivity contribution in [3.8, 4) is 0 Å². The van der Waals surface area contributed by atoms with Crippen LogP contribution in [0.1, 0.15) is 32.3 Å². The molecule has 0 bridgehead atoms. The molecule has 74 valence electrons. The fourth-order valence-corrected chi connectivity index (χ4v) is 1.01. The number of aryl methyl sites for hydroxylation is 1. The van der Waals surface area contributed by atoms with Crippen LogP contribution < -0.4 is 5.73 Å². The number of rotatable bonds is 3. The minimum Gasteiger partial charge on any atom is -0.325 e. The van der Waals surface area contributed by atoms with Gasteiger partial charge in [-0.1, -0.05) is 27.4 Å². The van der Waals surface area contributed by atoms with Crippen LogP contribution in [0.15, 0.2) is 12.8 Å². The van der Waals surface area contributed by atoms with E-state index in [0.29, 0.717) is 6.54 Å². The van der Waals surface area contributed by atoms with Gasteiger partial charge in [0.15, 0.2) is 0 Å². The van der Waals surface area contributed by atoms with Crippen LogP contribution in [0.3, 0.4) is 0 Å². The van der Waals surface area contributed by atoms with Crippen molar-refractivity contribution < 1.29 is 0 Å². The Labute approximate surface area is 80.3 Å². The van der Waals surface area contributed by atoms with Crippen molar-refractivity contribution in [3.63, 3.8) is 0 Å². The van der Waals surface area contributed by atoms with E-state index in [1.807, 2.05) is 24.6 Å². The molecule has 1 aromatic rings. The normalized spacial score (nSPS) is 8.92. The Kier molecular flexibility index (Phi) is 5.89. The first-order valence-electron chi connectivity index (χ1n) is 4.71. The molecule has 3 heteroatoms. The average molecular weight is 181 g/mol. The summed E-state index contributed by atoms with van der Waals surface area (Å²) in [5.41, 5.74) is 6.35. The fourth-order valence-electron chi connectivity index (χ4n) is 1.01. The molecule has 0 saturated heterocycles. The molecule has 1 aromatic heterocycles. The van der Waals surface area contributed by atoms with Crippen molar-refractivity contribution in [1.29, 1.82) is 0 Å². The Morgan fingerprint density at radius 1 is 1.62 bits per heavy atom. The monoisotopic (exact) mass is 181 g/mol. The smallest absolute Gasteiger partial charge is 0.112 e. The van der Waals surface area contributed by atoms with Crippen molar-refractivity contribution in [2.75, 3.05) is 0 Å². The first-order valence-corrected chi connectivity index (χ1v) is 4.71. The number of aromatic nitrogens is 2.